The first kappa shape index (κ1) is 13.0. The second-order valence-corrected chi connectivity index (χ2v) is 6.77. The summed E-state index contributed by atoms with van der Waals surface area (Å²) >= 11 is 1.79. The number of piperidine rings is 1. The van der Waals surface area contributed by atoms with E-state index in [-0.39, 0.29) is 0 Å². The van der Waals surface area contributed by atoms with Crippen LogP contribution in [-0.4, -0.2) is 24.6 Å². The summed E-state index contributed by atoms with van der Waals surface area (Å²) in [6.07, 6.45) is 4.57. The van der Waals surface area contributed by atoms with Crippen molar-refractivity contribution < 1.29 is 0 Å². The van der Waals surface area contributed by atoms with Crippen LogP contribution in [0.5, 0.6) is 0 Å². The van der Waals surface area contributed by atoms with Crippen LogP contribution in [0.1, 0.15) is 42.6 Å². The van der Waals surface area contributed by atoms with Crippen LogP contribution in [0.15, 0.2) is 6.20 Å². The molecular weight excluding hydrogens is 230 g/mol. The van der Waals surface area contributed by atoms with Gasteiger partial charge < -0.3 is 10.6 Å². The second kappa shape index (κ2) is 5.46. The van der Waals surface area contributed by atoms with Gasteiger partial charge in [0.25, 0.3) is 0 Å². The van der Waals surface area contributed by atoms with Crippen LogP contribution in [0.2, 0.25) is 0 Å². The molecule has 0 spiro atoms. The predicted molar refractivity (Wildman–Crippen MR) is 73.5 cm³/mol. The lowest BCUT2D eigenvalue weighted by Crippen LogP contribution is -2.44. The van der Waals surface area contributed by atoms with E-state index in [4.69, 9.17) is 0 Å². The SMILES string of the molecule is Cc1cnc(C(C)NCC2(C)CCCNC2)s1. The first-order valence-electron chi connectivity index (χ1n) is 6.45. The number of hydrogen-bond donors (Lipinski definition) is 2. The van der Waals surface area contributed by atoms with E-state index < -0.39 is 0 Å². The number of rotatable bonds is 4. The Morgan fingerprint density at radius 3 is 3.06 bits per heavy atom. The molecule has 3 nitrogen and oxygen atoms in total. The van der Waals surface area contributed by atoms with Gasteiger partial charge in [-0.05, 0) is 38.6 Å². The first-order valence-corrected chi connectivity index (χ1v) is 7.27. The van der Waals surface area contributed by atoms with Crippen LogP contribution in [0, 0.1) is 12.3 Å². The summed E-state index contributed by atoms with van der Waals surface area (Å²) in [5.74, 6) is 0. The second-order valence-electron chi connectivity index (χ2n) is 5.50. The fourth-order valence-corrected chi connectivity index (χ4v) is 3.13. The van der Waals surface area contributed by atoms with Crippen molar-refractivity contribution in [3.63, 3.8) is 0 Å². The third kappa shape index (κ3) is 3.50. The molecule has 0 saturated carbocycles. The summed E-state index contributed by atoms with van der Waals surface area (Å²) in [7, 11) is 0. The topological polar surface area (TPSA) is 37.0 Å². The van der Waals surface area contributed by atoms with E-state index in [9.17, 15) is 0 Å². The highest BCUT2D eigenvalue weighted by Gasteiger charge is 2.27. The fourth-order valence-electron chi connectivity index (χ4n) is 2.33. The van der Waals surface area contributed by atoms with Crippen LogP contribution in [0.4, 0.5) is 0 Å². The fraction of sp³-hybridized carbons (Fsp3) is 0.769. The van der Waals surface area contributed by atoms with Crippen molar-refractivity contribution in [2.75, 3.05) is 19.6 Å². The monoisotopic (exact) mass is 253 g/mol. The van der Waals surface area contributed by atoms with Crippen LogP contribution in [0.3, 0.4) is 0 Å². The molecule has 2 heterocycles. The molecule has 0 amide bonds. The van der Waals surface area contributed by atoms with Gasteiger partial charge >= 0.3 is 0 Å². The minimum absolute atomic E-state index is 0.368. The van der Waals surface area contributed by atoms with Crippen molar-refractivity contribution in [1.82, 2.24) is 15.6 Å². The first-order chi connectivity index (χ1) is 8.09. The van der Waals surface area contributed by atoms with E-state index in [0.717, 1.165) is 13.1 Å². The quantitative estimate of drug-likeness (QED) is 0.865. The van der Waals surface area contributed by atoms with Crippen molar-refractivity contribution in [2.24, 2.45) is 5.41 Å². The third-order valence-corrected chi connectivity index (χ3v) is 4.63. The highest BCUT2D eigenvalue weighted by molar-refractivity contribution is 7.11. The Kier molecular flexibility index (Phi) is 4.17. The highest BCUT2D eigenvalue weighted by atomic mass is 32.1. The molecule has 2 atom stereocenters. The van der Waals surface area contributed by atoms with Crippen LogP contribution < -0.4 is 10.6 Å². The Morgan fingerprint density at radius 2 is 2.47 bits per heavy atom. The van der Waals surface area contributed by atoms with Crippen LogP contribution in [-0.2, 0) is 0 Å². The molecule has 1 aliphatic rings. The minimum atomic E-state index is 0.368. The molecule has 17 heavy (non-hydrogen) atoms. The molecule has 0 bridgehead atoms. The number of thiazole rings is 1. The van der Waals surface area contributed by atoms with Gasteiger partial charge in [-0.25, -0.2) is 4.98 Å². The molecule has 2 N–H and O–H groups in total. The Labute approximate surface area is 108 Å². The molecule has 96 valence electrons. The lowest BCUT2D eigenvalue weighted by molar-refractivity contribution is 0.220. The smallest absolute Gasteiger partial charge is 0.109 e. The van der Waals surface area contributed by atoms with Gasteiger partial charge in [0.05, 0.1) is 6.04 Å². The van der Waals surface area contributed by atoms with Crippen molar-refractivity contribution in [1.29, 1.82) is 0 Å². The maximum atomic E-state index is 4.44. The molecule has 4 heteroatoms. The summed E-state index contributed by atoms with van der Waals surface area (Å²) in [6.45, 7) is 10.1. The number of nitrogens with one attached hydrogen (secondary N) is 2. The number of aromatic nitrogens is 1. The molecule has 0 aromatic carbocycles. The van der Waals surface area contributed by atoms with Crippen LogP contribution >= 0.6 is 11.3 Å². The Bertz CT molecular complexity index is 355. The zero-order chi connectivity index (χ0) is 12.3. The van der Waals surface area contributed by atoms with Gasteiger partial charge in [-0.3, -0.25) is 0 Å². The summed E-state index contributed by atoms with van der Waals surface area (Å²) < 4.78 is 0. The molecule has 0 radical (unpaired) electrons. The van der Waals surface area contributed by atoms with Gasteiger partial charge in [0.2, 0.25) is 0 Å². The van der Waals surface area contributed by atoms with E-state index in [1.807, 2.05) is 6.20 Å². The van der Waals surface area contributed by atoms with E-state index in [1.165, 1.54) is 29.3 Å². The zero-order valence-electron chi connectivity index (χ0n) is 11.0. The third-order valence-electron chi connectivity index (χ3n) is 3.53. The van der Waals surface area contributed by atoms with E-state index in [2.05, 4.69) is 36.4 Å². The lowest BCUT2D eigenvalue weighted by Gasteiger charge is -2.35. The predicted octanol–water partition coefficient (Wildman–Crippen LogP) is 2.49. The van der Waals surface area contributed by atoms with Gasteiger partial charge in [0.15, 0.2) is 0 Å². The standard InChI is InChI=1S/C13H23N3S/c1-10-7-15-12(17-10)11(2)16-9-13(3)5-4-6-14-8-13/h7,11,14,16H,4-6,8-9H2,1-3H3. The maximum Gasteiger partial charge on any atom is 0.109 e. The molecule has 2 unspecified atom stereocenters. The molecule has 1 aliphatic heterocycles. The molecule has 1 fully saturated rings. The van der Waals surface area contributed by atoms with Crippen molar-refractivity contribution >= 4 is 11.3 Å². The van der Waals surface area contributed by atoms with Gasteiger partial charge in [-0.1, -0.05) is 6.92 Å². The Hall–Kier alpha value is -0.450. The lowest BCUT2D eigenvalue weighted by atomic mass is 9.82. The van der Waals surface area contributed by atoms with Crippen molar-refractivity contribution in [3.8, 4) is 0 Å². The van der Waals surface area contributed by atoms with Gasteiger partial charge in [-0.2, -0.15) is 0 Å². The summed E-state index contributed by atoms with van der Waals surface area (Å²) in [4.78, 5) is 5.73. The summed E-state index contributed by atoms with van der Waals surface area (Å²) in [5, 5.41) is 8.32. The minimum Gasteiger partial charge on any atom is -0.316 e. The molecular formula is C13H23N3S. The zero-order valence-corrected chi connectivity index (χ0v) is 11.9. The average Bonchev–Trinajstić information content (AvgIpc) is 2.74. The van der Waals surface area contributed by atoms with E-state index in [1.54, 1.807) is 11.3 Å². The van der Waals surface area contributed by atoms with Crippen LogP contribution in [0.25, 0.3) is 0 Å². The number of nitrogens with zero attached hydrogens (tertiary/aromatic N) is 1. The van der Waals surface area contributed by atoms with Gasteiger partial charge in [0.1, 0.15) is 5.01 Å². The largest absolute Gasteiger partial charge is 0.316 e. The van der Waals surface area contributed by atoms with Gasteiger partial charge in [0, 0.05) is 24.2 Å². The molecule has 2 rings (SSSR count). The average molecular weight is 253 g/mol. The highest BCUT2D eigenvalue weighted by Crippen LogP contribution is 2.26. The molecule has 1 aromatic rings. The normalized spacial score (nSPS) is 27.0. The molecule has 0 aliphatic carbocycles. The summed E-state index contributed by atoms with van der Waals surface area (Å²) in [6, 6.07) is 0.368. The Balaban J connectivity index is 1.85. The summed E-state index contributed by atoms with van der Waals surface area (Å²) in [5.41, 5.74) is 0.402. The Morgan fingerprint density at radius 1 is 1.65 bits per heavy atom. The molecule has 1 aromatic heterocycles. The van der Waals surface area contributed by atoms with Crippen molar-refractivity contribution in [2.45, 2.75) is 39.7 Å². The maximum absolute atomic E-state index is 4.44. The van der Waals surface area contributed by atoms with E-state index >= 15 is 0 Å². The molecule has 1 saturated heterocycles. The van der Waals surface area contributed by atoms with Gasteiger partial charge in [-0.15, -0.1) is 11.3 Å². The number of aryl methyl sites for hydroxylation is 1. The van der Waals surface area contributed by atoms with E-state index in [0.29, 0.717) is 11.5 Å². The van der Waals surface area contributed by atoms with Crippen molar-refractivity contribution in [3.05, 3.63) is 16.1 Å². The number of hydrogen-bond acceptors (Lipinski definition) is 4.